The molecule has 0 saturated heterocycles. The summed E-state index contributed by atoms with van der Waals surface area (Å²) >= 11 is 0. The van der Waals surface area contributed by atoms with Gasteiger partial charge in [0.05, 0.1) is 13.2 Å². The molecular formula is C24H46O6. The Morgan fingerprint density at radius 1 is 0.767 bits per heavy atom. The quantitative estimate of drug-likeness (QED) is 0.0969. The monoisotopic (exact) mass is 430 g/mol. The van der Waals surface area contributed by atoms with Crippen LogP contribution in [0.3, 0.4) is 0 Å². The van der Waals surface area contributed by atoms with Crippen molar-refractivity contribution in [3.05, 3.63) is 12.2 Å². The second kappa shape index (κ2) is 22.7. The van der Waals surface area contributed by atoms with Gasteiger partial charge in [0.15, 0.2) is 6.29 Å². The summed E-state index contributed by atoms with van der Waals surface area (Å²) in [7, 11) is 0. The zero-order chi connectivity index (χ0) is 22.3. The first-order valence-electron chi connectivity index (χ1n) is 12.0. The molecule has 30 heavy (non-hydrogen) atoms. The van der Waals surface area contributed by atoms with E-state index < -0.39 is 12.6 Å². The van der Waals surface area contributed by atoms with Crippen LogP contribution in [-0.2, 0) is 14.3 Å². The number of carbonyl (C=O) groups is 1. The van der Waals surface area contributed by atoms with Gasteiger partial charge in [-0.1, -0.05) is 70.4 Å². The molecule has 178 valence electrons. The van der Waals surface area contributed by atoms with Crippen molar-refractivity contribution >= 4 is 5.97 Å². The van der Waals surface area contributed by atoms with E-state index in [2.05, 4.69) is 19.1 Å². The Bertz CT molecular complexity index is 397. The Kier molecular flexibility index (Phi) is 22.0. The van der Waals surface area contributed by atoms with Crippen LogP contribution in [0.15, 0.2) is 12.2 Å². The molecule has 6 nitrogen and oxygen atoms in total. The molecule has 0 aliphatic heterocycles. The number of aliphatic hydroxyl groups is 3. The SMILES string of the molecule is CCCCCCCC/C=C\CCCCCCCC(=O)O[C@H](O)CCOCCC(O)O. The average molecular weight is 431 g/mol. The number of hydrogen-bond donors (Lipinski definition) is 3. The average Bonchev–Trinajstić information content (AvgIpc) is 2.70. The maximum Gasteiger partial charge on any atom is 0.308 e. The predicted molar refractivity (Wildman–Crippen MR) is 120 cm³/mol. The number of carbonyl (C=O) groups excluding carboxylic acids is 1. The van der Waals surface area contributed by atoms with Crippen LogP contribution in [0.2, 0.25) is 0 Å². The molecule has 0 fully saturated rings. The second-order valence-electron chi connectivity index (χ2n) is 7.95. The molecule has 0 rings (SSSR count). The second-order valence-corrected chi connectivity index (χ2v) is 7.95. The molecule has 0 amide bonds. The van der Waals surface area contributed by atoms with Gasteiger partial charge in [-0.15, -0.1) is 0 Å². The molecular weight excluding hydrogens is 384 g/mol. The van der Waals surface area contributed by atoms with Crippen LogP contribution >= 0.6 is 0 Å². The van der Waals surface area contributed by atoms with Crippen LogP contribution in [0, 0.1) is 0 Å². The van der Waals surface area contributed by atoms with Gasteiger partial charge in [0.2, 0.25) is 6.29 Å². The maximum absolute atomic E-state index is 11.7. The fourth-order valence-electron chi connectivity index (χ4n) is 3.08. The predicted octanol–water partition coefficient (Wildman–Crippen LogP) is 4.99. The van der Waals surface area contributed by atoms with Crippen LogP contribution in [0.4, 0.5) is 0 Å². The molecule has 3 N–H and O–H groups in total. The van der Waals surface area contributed by atoms with Crippen molar-refractivity contribution in [1.82, 2.24) is 0 Å². The number of allylic oxidation sites excluding steroid dienone is 2. The van der Waals surface area contributed by atoms with Gasteiger partial charge in [-0.2, -0.15) is 0 Å². The fourth-order valence-corrected chi connectivity index (χ4v) is 3.08. The van der Waals surface area contributed by atoms with Crippen LogP contribution in [0.5, 0.6) is 0 Å². The molecule has 0 radical (unpaired) electrons. The summed E-state index contributed by atoms with van der Waals surface area (Å²) in [6.45, 7) is 2.64. The minimum Gasteiger partial charge on any atom is -0.436 e. The van der Waals surface area contributed by atoms with Crippen molar-refractivity contribution in [1.29, 1.82) is 0 Å². The number of hydrogen-bond acceptors (Lipinski definition) is 6. The first kappa shape index (κ1) is 29.1. The van der Waals surface area contributed by atoms with Gasteiger partial charge >= 0.3 is 5.97 Å². The standard InChI is InChI=1S/C24H46O6/c1-2-3-4-5-6-7-8-9-10-11-12-13-14-15-16-17-23(27)30-24(28)19-21-29-20-18-22(25)26/h9-10,22,24-26,28H,2-8,11-21H2,1H3/b10-9-/t24-/m0/s1. The van der Waals surface area contributed by atoms with E-state index >= 15 is 0 Å². The third-order valence-electron chi connectivity index (χ3n) is 4.94. The summed E-state index contributed by atoms with van der Waals surface area (Å²) in [5.41, 5.74) is 0. The van der Waals surface area contributed by atoms with E-state index in [4.69, 9.17) is 19.7 Å². The normalized spacial score (nSPS) is 12.7. The van der Waals surface area contributed by atoms with Crippen molar-refractivity contribution in [2.45, 2.75) is 122 Å². The van der Waals surface area contributed by atoms with Crippen molar-refractivity contribution in [2.24, 2.45) is 0 Å². The zero-order valence-corrected chi connectivity index (χ0v) is 19.1. The van der Waals surface area contributed by atoms with E-state index in [9.17, 15) is 9.90 Å². The summed E-state index contributed by atoms with van der Waals surface area (Å²) in [5, 5.41) is 27.0. The molecule has 0 heterocycles. The van der Waals surface area contributed by atoms with Gasteiger partial charge in [-0.05, 0) is 32.1 Å². The first-order valence-corrected chi connectivity index (χ1v) is 12.0. The van der Waals surface area contributed by atoms with E-state index in [0.29, 0.717) is 6.42 Å². The third kappa shape index (κ3) is 23.3. The lowest BCUT2D eigenvalue weighted by Crippen LogP contribution is -2.20. The molecule has 0 aromatic rings. The van der Waals surface area contributed by atoms with E-state index in [0.717, 1.165) is 25.7 Å². The Hall–Kier alpha value is -0.950. The first-order chi connectivity index (χ1) is 14.6. The number of rotatable bonds is 22. The Balaban J connectivity index is 3.35. The summed E-state index contributed by atoms with van der Waals surface area (Å²) in [5.74, 6) is -0.383. The van der Waals surface area contributed by atoms with Gasteiger partial charge in [0, 0.05) is 19.3 Å². The summed E-state index contributed by atoms with van der Waals surface area (Å²) in [4.78, 5) is 11.7. The Morgan fingerprint density at radius 2 is 1.30 bits per heavy atom. The minimum absolute atomic E-state index is 0.116. The molecule has 0 aromatic carbocycles. The van der Waals surface area contributed by atoms with Crippen LogP contribution in [0.1, 0.15) is 110 Å². The fraction of sp³-hybridized carbons (Fsp3) is 0.875. The number of esters is 1. The highest BCUT2D eigenvalue weighted by Gasteiger charge is 2.10. The van der Waals surface area contributed by atoms with E-state index in [-0.39, 0.29) is 32.0 Å². The maximum atomic E-state index is 11.7. The van der Waals surface area contributed by atoms with Gasteiger partial charge in [0.25, 0.3) is 0 Å². The summed E-state index contributed by atoms with van der Waals surface area (Å²) in [6.07, 6.45) is 18.4. The van der Waals surface area contributed by atoms with Crippen molar-refractivity contribution in [3.63, 3.8) is 0 Å². The number of ether oxygens (including phenoxy) is 2. The molecule has 0 spiro atoms. The summed E-state index contributed by atoms with van der Waals surface area (Å²) in [6, 6.07) is 0. The third-order valence-corrected chi connectivity index (χ3v) is 4.94. The minimum atomic E-state index is -1.39. The highest BCUT2D eigenvalue weighted by Crippen LogP contribution is 2.10. The smallest absolute Gasteiger partial charge is 0.308 e. The lowest BCUT2D eigenvalue weighted by atomic mass is 10.1. The lowest BCUT2D eigenvalue weighted by Gasteiger charge is -2.12. The van der Waals surface area contributed by atoms with Gasteiger partial charge < -0.3 is 24.8 Å². The molecule has 1 atom stereocenters. The zero-order valence-electron chi connectivity index (χ0n) is 19.1. The topological polar surface area (TPSA) is 96.2 Å². The van der Waals surface area contributed by atoms with E-state index in [1.165, 1.54) is 57.8 Å². The lowest BCUT2D eigenvalue weighted by molar-refractivity contribution is -0.170. The van der Waals surface area contributed by atoms with Crippen molar-refractivity contribution < 1.29 is 29.6 Å². The molecule has 0 aliphatic rings. The van der Waals surface area contributed by atoms with Crippen LogP contribution < -0.4 is 0 Å². The van der Waals surface area contributed by atoms with Gasteiger partial charge in [-0.3, -0.25) is 4.79 Å². The van der Waals surface area contributed by atoms with Gasteiger partial charge in [0.1, 0.15) is 0 Å². The molecule has 0 unspecified atom stereocenters. The number of unbranched alkanes of at least 4 members (excludes halogenated alkanes) is 11. The molecule has 0 aliphatic carbocycles. The van der Waals surface area contributed by atoms with Gasteiger partial charge in [-0.25, -0.2) is 0 Å². The molecule has 6 heteroatoms. The van der Waals surface area contributed by atoms with Crippen molar-refractivity contribution in [2.75, 3.05) is 13.2 Å². The number of aliphatic hydroxyl groups excluding tert-OH is 2. The van der Waals surface area contributed by atoms with E-state index in [1.54, 1.807) is 0 Å². The highest BCUT2D eigenvalue weighted by molar-refractivity contribution is 5.69. The largest absolute Gasteiger partial charge is 0.436 e. The van der Waals surface area contributed by atoms with Crippen LogP contribution in [-0.4, -0.2) is 47.1 Å². The Labute approximate surface area is 183 Å². The highest BCUT2D eigenvalue weighted by atomic mass is 16.6. The van der Waals surface area contributed by atoms with E-state index in [1.807, 2.05) is 0 Å². The molecule has 0 bridgehead atoms. The summed E-state index contributed by atoms with van der Waals surface area (Å²) < 4.78 is 10.0. The molecule has 0 saturated carbocycles. The van der Waals surface area contributed by atoms with Crippen molar-refractivity contribution in [3.8, 4) is 0 Å². The Morgan fingerprint density at radius 3 is 1.90 bits per heavy atom. The molecule has 0 aromatic heterocycles. The van der Waals surface area contributed by atoms with Crippen LogP contribution in [0.25, 0.3) is 0 Å².